The number of carbonyl (C=O) groups is 1. The summed E-state index contributed by atoms with van der Waals surface area (Å²) in [7, 11) is 0. The Morgan fingerprint density at radius 1 is 1.19 bits per heavy atom. The van der Waals surface area contributed by atoms with Crippen LogP contribution in [0.3, 0.4) is 0 Å². The van der Waals surface area contributed by atoms with Crippen molar-refractivity contribution in [2.75, 3.05) is 0 Å². The molecule has 1 heterocycles. The van der Waals surface area contributed by atoms with Gasteiger partial charge in [0.1, 0.15) is 6.54 Å². The van der Waals surface area contributed by atoms with Gasteiger partial charge in [-0.25, -0.2) is 0 Å². The number of benzene rings is 2. The molecule has 0 radical (unpaired) electrons. The van der Waals surface area contributed by atoms with Crippen molar-refractivity contribution in [1.82, 2.24) is 15.0 Å². The third-order valence-corrected chi connectivity index (χ3v) is 3.99. The number of amides is 1. The molecular formula is C19H18N4O4. The van der Waals surface area contributed by atoms with Crippen molar-refractivity contribution in [3.63, 3.8) is 0 Å². The van der Waals surface area contributed by atoms with Crippen LogP contribution in [0.4, 0.5) is 5.69 Å². The second kappa shape index (κ2) is 7.77. The molecule has 0 aliphatic heterocycles. The van der Waals surface area contributed by atoms with Crippen LogP contribution in [-0.4, -0.2) is 31.9 Å². The van der Waals surface area contributed by atoms with Crippen LogP contribution in [-0.2, 0) is 6.54 Å². The van der Waals surface area contributed by atoms with Crippen LogP contribution in [0.25, 0.3) is 11.4 Å². The minimum Gasteiger partial charge on any atom is -0.337 e. The first-order valence-electron chi connectivity index (χ1n) is 8.39. The van der Waals surface area contributed by atoms with Crippen LogP contribution in [0.2, 0.25) is 0 Å². The van der Waals surface area contributed by atoms with Crippen molar-refractivity contribution in [3.05, 3.63) is 76.2 Å². The van der Waals surface area contributed by atoms with E-state index < -0.39 is 4.92 Å². The lowest BCUT2D eigenvalue weighted by Gasteiger charge is -2.25. The van der Waals surface area contributed by atoms with E-state index in [2.05, 4.69) is 10.1 Å². The summed E-state index contributed by atoms with van der Waals surface area (Å²) in [6, 6.07) is 14.9. The maximum Gasteiger partial charge on any atom is 0.270 e. The van der Waals surface area contributed by atoms with Crippen LogP contribution >= 0.6 is 0 Å². The number of hydrogen-bond acceptors (Lipinski definition) is 6. The number of aromatic nitrogens is 2. The Labute approximate surface area is 155 Å². The Morgan fingerprint density at radius 2 is 1.93 bits per heavy atom. The molecule has 0 N–H and O–H groups in total. The Morgan fingerprint density at radius 3 is 2.59 bits per heavy atom. The SMILES string of the molecule is CC(C)N(Cc1nc(-c2ccccc2)no1)C(=O)c1cccc([N+](=O)[O-])c1. The van der Waals surface area contributed by atoms with Gasteiger partial charge in [-0.2, -0.15) is 4.98 Å². The normalized spacial score (nSPS) is 10.8. The van der Waals surface area contributed by atoms with E-state index in [0.29, 0.717) is 11.7 Å². The average Bonchev–Trinajstić information content (AvgIpc) is 3.15. The van der Waals surface area contributed by atoms with Crippen LogP contribution in [0.5, 0.6) is 0 Å². The van der Waals surface area contributed by atoms with Gasteiger partial charge in [0.25, 0.3) is 11.6 Å². The molecule has 0 aliphatic rings. The monoisotopic (exact) mass is 366 g/mol. The third-order valence-electron chi connectivity index (χ3n) is 3.99. The fourth-order valence-electron chi connectivity index (χ4n) is 2.58. The lowest BCUT2D eigenvalue weighted by molar-refractivity contribution is -0.384. The van der Waals surface area contributed by atoms with Gasteiger partial charge >= 0.3 is 0 Å². The van der Waals surface area contributed by atoms with E-state index >= 15 is 0 Å². The van der Waals surface area contributed by atoms with Gasteiger partial charge < -0.3 is 9.42 Å². The van der Waals surface area contributed by atoms with Gasteiger partial charge in [-0.1, -0.05) is 41.6 Å². The quantitative estimate of drug-likeness (QED) is 0.487. The summed E-state index contributed by atoms with van der Waals surface area (Å²) in [6.07, 6.45) is 0. The molecule has 0 spiro atoms. The zero-order valence-electron chi connectivity index (χ0n) is 14.9. The minimum absolute atomic E-state index is 0.110. The first-order valence-corrected chi connectivity index (χ1v) is 8.39. The maximum atomic E-state index is 12.9. The molecule has 2 aromatic carbocycles. The smallest absolute Gasteiger partial charge is 0.270 e. The lowest BCUT2D eigenvalue weighted by atomic mass is 10.1. The molecule has 0 fully saturated rings. The molecule has 8 nitrogen and oxygen atoms in total. The number of non-ortho nitro benzene ring substituents is 1. The van der Waals surface area contributed by atoms with Crippen LogP contribution in [0.1, 0.15) is 30.1 Å². The van der Waals surface area contributed by atoms with Crippen LogP contribution < -0.4 is 0 Å². The number of nitro benzene ring substituents is 1. The molecule has 3 aromatic rings. The van der Waals surface area contributed by atoms with E-state index in [9.17, 15) is 14.9 Å². The topological polar surface area (TPSA) is 102 Å². The number of hydrogen-bond donors (Lipinski definition) is 0. The Balaban J connectivity index is 1.82. The van der Waals surface area contributed by atoms with Crippen molar-refractivity contribution >= 4 is 11.6 Å². The number of rotatable bonds is 6. The fraction of sp³-hybridized carbons (Fsp3) is 0.211. The number of carbonyl (C=O) groups excluding carboxylic acids is 1. The second-order valence-electron chi connectivity index (χ2n) is 6.21. The Hall–Kier alpha value is -3.55. The summed E-state index contributed by atoms with van der Waals surface area (Å²) in [5.74, 6) is 0.395. The Bertz CT molecular complexity index is 953. The van der Waals surface area contributed by atoms with Gasteiger partial charge in [0.15, 0.2) is 0 Å². The van der Waals surface area contributed by atoms with E-state index in [1.807, 2.05) is 44.2 Å². The predicted octanol–water partition coefficient (Wildman–Crippen LogP) is 3.70. The molecule has 1 aromatic heterocycles. The highest BCUT2D eigenvalue weighted by molar-refractivity contribution is 5.95. The number of nitro groups is 1. The van der Waals surface area contributed by atoms with Gasteiger partial charge in [-0.05, 0) is 19.9 Å². The second-order valence-corrected chi connectivity index (χ2v) is 6.21. The van der Waals surface area contributed by atoms with Gasteiger partial charge in [0, 0.05) is 29.3 Å². The molecule has 0 atom stereocenters. The molecule has 0 saturated heterocycles. The van der Waals surface area contributed by atoms with Gasteiger partial charge in [-0.15, -0.1) is 0 Å². The average molecular weight is 366 g/mol. The lowest BCUT2D eigenvalue weighted by Crippen LogP contribution is -2.36. The molecule has 8 heteroatoms. The van der Waals surface area contributed by atoms with Crippen LogP contribution in [0.15, 0.2) is 59.1 Å². The maximum absolute atomic E-state index is 12.9. The molecule has 3 rings (SSSR count). The molecule has 0 bridgehead atoms. The molecule has 138 valence electrons. The highest BCUT2D eigenvalue weighted by Crippen LogP contribution is 2.19. The van der Waals surface area contributed by atoms with Crippen LogP contribution in [0, 0.1) is 10.1 Å². The standard InChI is InChI=1S/C19H18N4O4/c1-13(2)22(19(24)15-9-6-10-16(11-15)23(25)26)12-17-20-18(21-27-17)14-7-4-3-5-8-14/h3-11,13H,12H2,1-2H3. The van der Waals surface area contributed by atoms with Crippen molar-refractivity contribution in [3.8, 4) is 11.4 Å². The van der Waals surface area contributed by atoms with Gasteiger partial charge in [-0.3, -0.25) is 14.9 Å². The molecule has 0 saturated carbocycles. The zero-order chi connectivity index (χ0) is 19.4. The van der Waals surface area contributed by atoms with Gasteiger partial charge in [0.05, 0.1) is 4.92 Å². The minimum atomic E-state index is -0.527. The van der Waals surface area contributed by atoms with E-state index in [1.165, 1.54) is 23.1 Å². The van der Waals surface area contributed by atoms with Crippen molar-refractivity contribution < 1.29 is 14.2 Å². The highest BCUT2D eigenvalue weighted by atomic mass is 16.6. The van der Waals surface area contributed by atoms with E-state index in [-0.39, 0.29) is 29.7 Å². The summed E-state index contributed by atoms with van der Waals surface area (Å²) < 4.78 is 5.28. The third kappa shape index (κ3) is 4.17. The first-order chi connectivity index (χ1) is 13.0. The van der Waals surface area contributed by atoms with E-state index in [4.69, 9.17) is 4.52 Å². The highest BCUT2D eigenvalue weighted by Gasteiger charge is 2.23. The summed E-state index contributed by atoms with van der Waals surface area (Å²) in [6.45, 7) is 3.81. The largest absolute Gasteiger partial charge is 0.337 e. The molecule has 0 aliphatic carbocycles. The van der Waals surface area contributed by atoms with Crippen molar-refractivity contribution in [2.24, 2.45) is 0 Å². The van der Waals surface area contributed by atoms with E-state index in [1.54, 1.807) is 6.07 Å². The van der Waals surface area contributed by atoms with E-state index in [0.717, 1.165) is 5.56 Å². The van der Waals surface area contributed by atoms with Crippen molar-refractivity contribution in [1.29, 1.82) is 0 Å². The number of nitrogens with zero attached hydrogens (tertiary/aromatic N) is 4. The summed E-state index contributed by atoms with van der Waals surface area (Å²) >= 11 is 0. The van der Waals surface area contributed by atoms with Gasteiger partial charge in [0.2, 0.25) is 11.7 Å². The first kappa shape index (κ1) is 18.2. The molecular weight excluding hydrogens is 348 g/mol. The molecule has 27 heavy (non-hydrogen) atoms. The molecule has 0 unspecified atom stereocenters. The zero-order valence-corrected chi connectivity index (χ0v) is 14.9. The summed E-state index contributed by atoms with van der Waals surface area (Å²) in [5.41, 5.74) is 0.919. The summed E-state index contributed by atoms with van der Waals surface area (Å²) in [4.78, 5) is 29.2. The summed E-state index contributed by atoms with van der Waals surface area (Å²) in [5, 5.41) is 14.9. The van der Waals surface area contributed by atoms with Crippen molar-refractivity contribution in [2.45, 2.75) is 26.4 Å². The Kier molecular flexibility index (Phi) is 5.25. The fourth-order valence-corrected chi connectivity index (χ4v) is 2.58. The predicted molar refractivity (Wildman–Crippen MR) is 97.8 cm³/mol. The molecule has 1 amide bonds.